The number of hydrogen-bond acceptors (Lipinski definition) is 4. The molecule has 148 valence electrons. The van der Waals surface area contributed by atoms with Gasteiger partial charge in [0.25, 0.3) is 0 Å². The second kappa shape index (κ2) is 8.29. The molecule has 3 rings (SSSR count). The van der Waals surface area contributed by atoms with Gasteiger partial charge in [0.2, 0.25) is 5.91 Å². The number of guanidine groups is 1. The van der Waals surface area contributed by atoms with Crippen molar-refractivity contribution in [1.82, 2.24) is 15.5 Å². The number of sulfone groups is 1. The van der Waals surface area contributed by atoms with Gasteiger partial charge in [-0.3, -0.25) is 9.79 Å². The van der Waals surface area contributed by atoms with Gasteiger partial charge >= 0.3 is 0 Å². The largest absolute Gasteiger partial charge is 0.355 e. The molecular weight excluding hydrogens is 364 g/mol. The minimum atomic E-state index is -3.19. The van der Waals surface area contributed by atoms with E-state index in [0.717, 1.165) is 31.5 Å². The number of amides is 1. The summed E-state index contributed by atoms with van der Waals surface area (Å²) < 4.78 is 24.7. The normalized spacial score (nSPS) is 23.5. The standard InChI is InChI=1S/C19H28N4O3S/c1-20-18(23-10-5-8-19(15-23)12-17(24)22-14-19)21-9-11-27(25,26)13-16-6-3-2-4-7-16/h2-4,6-7H,5,8-15H2,1H3,(H,20,21)(H,22,24). The van der Waals surface area contributed by atoms with Crippen molar-refractivity contribution < 1.29 is 13.2 Å². The number of piperidine rings is 1. The van der Waals surface area contributed by atoms with Crippen molar-refractivity contribution in [3.8, 4) is 0 Å². The van der Waals surface area contributed by atoms with E-state index in [9.17, 15) is 13.2 Å². The van der Waals surface area contributed by atoms with Crippen molar-refractivity contribution in [2.75, 3.05) is 39.0 Å². The maximum Gasteiger partial charge on any atom is 0.220 e. The first kappa shape index (κ1) is 19.7. The minimum Gasteiger partial charge on any atom is -0.355 e. The van der Waals surface area contributed by atoms with E-state index in [0.29, 0.717) is 25.5 Å². The second-order valence-electron chi connectivity index (χ2n) is 7.53. The Morgan fingerprint density at radius 2 is 2.11 bits per heavy atom. The Morgan fingerprint density at radius 1 is 1.33 bits per heavy atom. The van der Waals surface area contributed by atoms with Gasteiger partial charge in [0.15, 0.2) is 15.8 Å². The molecule has 1 unspecified atom stereocenters. The number of rotatable bonds is 5. The van der Waals surface area contributed by atoms with Crippen LogP contribution in [0.5, 0.6) is 0 Å². The number of aliphatic imine (C=N–C) groups is 1. The van der Waals surface area contributed by atoms with E-state index in [1.54, 1.807) is 7.05 Å². The highest BCUT2D eigenvalue weighted by molar-refractivity contribution is 7.90. The van der Waals surface area contributed by atoms with E-state index >= 15 is 0 Å². The van der Waals surface area contributed by atoms with Crippen LogP contribution in [0.1, 0.15) is 24.8 Å². The third kappa shape index (κ3) is 5.22. The summed E-state index contributed by atoms with van der Waals surface area (Å²) in [5.74, 6) is 0.935. The van der Waals surface area contributed by atoms with E-state index in [1.807, 2.05) is 30.3 Å². The monoisotopic (exact) mass is 392 g/mol. The molecule has 0 aromatic heterocycles. The second-order valence-corrected chi connectivity index (χ2v) is 9.71. The first-order valence-electron chi connectivity index (χ1n) is 9.38. The van der Waals surface area contributed by atoms with Crippen LogP contribution in [0, 0.1) is 5.41 Å². The Morgan fingerprint density at radius 3 is 2.78 bits per heavy atom. The third-order valence-corrected chi connectivity index (χ3v) is 6.89. The molecule has 1 aromatic carbocycles. The van der Waals surface area contributed by atoms with Gasteiger partial charge in [0, 0.05) is 45.1 Å². The predicted octanol–water partition coefficient (Wildman–Crippen LogP) is 0.779. The van der Waals surface area contributed by atoms with Gasteiger partial charge in [-0.2, -0.15) is 0 Å². The lowest BCUT2D eigenvalue weighted by Crippen LogP contribution is -2.51. The topological polar surface area (TPSA) is 90.9 Å². The smallest absolute Gasteiger partial charge is 0.220 e. The minimum absolute atomic E-state index is 0.0215. The molecule has 0 radical (unpaired) electrons. The van der Waals surface area contributed by atoms with Crippen molar-refractivity contribution >= 4 is 21.7 Å². The molecule has 2 aliphatic heterocycles. The molecule has 2 fully saturated rings. The van der Waals surface area contributed by atoms with Crippen LogP contribution in [0.15, 0.2) is 35.3 Å². The summed E-state index contributed by atoms with van der Waals surface area (Å²) in [5, 5.41) is 6.13. The van der Waals surface area contributed by atoms with Gasteiger partial charge in [-0.05, 0) is 18.4 Å². The fourth-order valence-electron chi connectivity index (χ4n) is 3.98. The summed E-state index contributed by atoms with van der Waals surface area (Å²) in [6.45, 7) is 2.67. The van der Waals surface area contributed by atoms with Crippen molar-refractivity contribution in [2.45, 2.75) is 25.0 Å². The van der Waals surface area contributed by atoms with Gasteiger partial charge in [-0.1, -0.05) is 30.3 Å². The van der Waals surface area contributed by atoms with Crippen LogP contribution in [-0.4, -0.2) is 64.2 Å². The molecule has 2 N–H and O–H groups in total. The Labute approximate surface area is 161 Å². The summed E-state index contributed by atoms with van der Waals surface area (Å²) in [5.41, 5.74) is 0.782. The number of nitrogens with zero attached hydrogens (tertiary/aromatic N) is 2. The molecule has 0 aliphatic carbocycles. The molecule has 2 saturated heterocycles. The Balaban J connectivity index is 1.52. The van der Waals surface area contributed by atoms with Crippen LogP contribution < -0.4 is 10.6 Å². The van der Waals surface area contributed by atoms with E-state index in [4.69, 9.17) is 0 Å². The van der Waals surface area contributed by atoms with Crippen LogP contribution in [0.4, 0.5) is 0 Å². The molecule has 2 heterocycles. The first-order valence-corrected chi connectivity index (χ1v) is 11.2. The number of likely N-dealkylation sites (tertiary alicyclic amines) is 1. The summed E-state index contributed by atoms with van der Waals surface area (Å²) in [7, 11) is -1.48. The summed E-state index contributed by atoms with van der Waals surface area (Å²) in [4.78, 5) is 18.1. The van der Waals surface area contributed by atoms with E-state index in [1.165, 1.54) is 0 Å². The van der Waals surface area contributed by atoms with Crippen LogP contribution in [-0.2, 0) is 20.4 Å². The zero-order chi connectivity index (χ0) is 19.3. The highest BCUT2D eigenvalue weighted by Crippen LogP contribution is 2.35. The molecule has 8 heteroatoms. The van der Waals surface area contributed by atoms with Crippen LogP contribution >= 0.6 is 0 Å². The van der Waals surface area contributed by atoms with Crippen molar-refractivity contribution in [1.29, 1.82) is 0 Å². The van der Waals surface area contributed by atoms with Crippen LogP contribution in [0.25, 0.3) is 0 Å². The van der Waals surface area contributed by atoms with Crippen molar-refractivity contribution in [2.24, 2.45) is 10.4 Å². The molecule has 0 saturated carbocycles. The Bertz CT molecular complexity index is 794. The molecule has 1 amide bonds. The predicted molar refractivity (Wildman–Crippen MR) is 106 cm³/mol. The molecule has 1 spiro atoms. The lowest BCUT2D eigenvalue weighted by atomic mass is 9.79. The highest BCUT2D eigenvalue weighted by atomic mass is 32.2. The van der Waals surface area contributed by atoms with Gasteiger partial charge in [0.1, 0.15) is 0 Å². The fraction of sp³-hybridized carbons (Fsp3) is 0.579. The summed E-state index contributed by atoms with van der Waals surface area (Å²) >= 11 is 0. The van der Waals surface area contributed by atoms with Gasteiger partial charge in [-0.15, -0.1) is 0 Å². The lowest BCUT2D eigenvalue weighted by Gasteiger charge is -2.40. The fourth-order valence-corrected chi connectivity index (χ4v) is 5.24. The molecule has 1 aromatic rings. The van der Waals surface area contributed by atoms with E-state index in [-0.39, 0.29) is 22.8 Å². The molecule has 1 atom stereocenters. The van der Waals surface area contributed by atoms with Crippen molar-refractivity contribution in [3.63, 3.8) is 0 Å². The molecule has 27 heavy (non-hydrogen) atoms. The lowest BCUT2D eigenvalue weighted by molar-refractivity contribution is -0.119. The zero-order valence-electron chi connectivity index (χ0n) is 15.8. The average Bonchev–Trinajstić information content (AvgIpc) is 2.99. The Hall–Kier alpha value is -2.09. The number of nitrogens with one attached hydrogen (secondary N) is 2. The molecule has 0 bridgehead atoms. The number of carbonyl (C=O) groups is 1. The number of benzene rings is 1. The molecule has 7 nitrogen and oxygen atoms in total. The van der Waals surface area contributed by atoms with E-state index in [2.05, 4.69) is 20.5 Å². The summed E-state index contributed by atoms with van der Waals surface area (Å²) in [6.07, 6.45) is 2.60. The molecule has 2 aliphatic rings. The van der Waals surface area contributed by atoms with Gasteiger partial charge < -0.3 is 15.5 Å². The summed E-state index contributed by atoms with van der Waals surface area (Å²) in [6, 6.07) is 9.22. The van der Waals surface area contributed by atoms with Crippen LogP contribution in [0.2, 0.25) is 0 Å². The number of hydrogen-bond donors (Lipinski definition) is 2. The highest BCUT2D eigenvalue weighted by Gasteiger charge is 2.42. The van der Waals surface area contributed by atoms with Gasteiger partial charge in [-0.25, -0.2) is 8.42 Å². The molecular formula is C19H28N4O3S. The van der Waals surface area contributed by atoms with Gasteiger partial charge in [0.05, 0.1) is 11.5 Å². The van der Waals surface area contributed by atoms with Crippen molar-refractivity contribution in [3.05, 3.63) is 35.9 Å². The van der Waals surface area contributed by atoms with E-state index < -0.39 is 9.84 Å². The average molecular weight is 393 g/mol. The Kier molecular flexibility index (Phi) is 6.04. The number of carbonyl (C=O) groups excluding carboxylic acids is 1. The zero-order valence-corrected chi connectivity index (χ0v) is 16.6. The SMILES string of the molecule is CN=C(NCCS(=O)(=O)Cc1ccccc1)N1CCCC2(CNC(=O)C2)C1. The maximum absolute atomic E-state index is 12.3. The third-order valence-electron chi connectivity index (χ3n) is 5.29. The quantitative estimate of drug-likeness (QED) is 0.571. The van der Waals surface area contributed by atoms with Crippen LogP contribution in [0.3, 0.4) is 0 Å². The maximum atomic E-state index is 12.3. The first-order chi connectivity index (χ1) is 12.9.